The molecule has 0 spiro atoms. The molecule has 2 rings (SSSR count). The molecule has 0 radical (unpaired) electrons. The van der Waals surface area contributed by atoms with Crippen molar-refractivity contribution in [2.45, 2.75) is 19.3 Å². The Morgan fingerprint density at radius 2 is 2.18 bits per heavy atom. The van der Waals surface area contributed by atoms with Gasteiger partial charge >= 0.3 is 0 Å². The van der Waals surface area contributed by atoms with Crippen molar-refractivity contribution in [3.63, 3.8) is 0 Å². The second-order valence-electron chi connectivity index (χ2n) is 4.74. The van der Waals surface area contributed by atoms with Crippen LogP contribution < -0.4 is 10.6 Å². The van der Waals surface area contributed by atoms with E-state index < -0.39 is 0 Å². The number of halogens is 1. The van der Waals surface area contributed by atoms with Gasteiger partial charge < -0.3 is 10.6 Å². The predicted molar refractivity (Wildman–Crippen MR) is 68.6 cm³/mol. The largest absolute Gasteiger partial charge is 0.316 e. The van der Waals surface area contributed by atoms with Crippen molar-refractivity contribution in [2.75, 3.05) is 26.2 Å². The van der Waals surface area contributed by atoms with Crippen LogP contribution in [0.3, 0.4) is 0 Å². The van der Waals surface area contributed by atoms with Gasteiger partial charge in [0.05, 0.1) is 0 Å². The highest BCUT2D eigenvalue weighted by atomic mass is 19.1. The Bertz CT molecular complexity index is 335. The summed E-state index contributed by atoms with van der Waals surface area (Å²) in [5.74, 6) is 0.741. The molecule has 17 heavy (non-hydrogen) atoms. The molecule has 0 saturated carbocycles. The van der Waals surface area contributed by atoms with E-state index in [0.29, 0.717) is 0 Å². The Hall–Kier alpha value is -0.930. The van der Waals surface area contributed by atoms with Crippen LogP contribution in [0.2, 0.25) is 0 Å². The molecule has 1 aromatic rings. The number of nitrogens with one attached hydrogen (secondary N) is 2. The molecule has 0 aliphatic carbocycles. The fourth-order valence-electron chi connectivity index (χ4n) is 2.32. The maximum Gasteiger partial charge on any atom is 0.126 e. The van der Waals surface area contributed by atoms with E-state index in [-0.39, 0.29) is 5.82 Å². The van der Waals surface area contributed by atoms with E-state index in [2.05, 4.69) is 10.6 Å². The molecule has 94 valence electrons. The van der Waals surface area contributed by atoms with Gasteiger partial charge in [0.15, 0.2) is 0 Å². The second kappa shape index (κ2) is 6.72. The van der Waals surface area contributed by atoms with E-state index >= 15 is 0 Å². The standard InChI is InChI=1S/C14H21FN2/c15-14-4-2-1-3-13(14)7-10-16-8-5-12-6-9-17-11-12/h1-4,12,16-17H,5-11H2. The molecule has 1 fully saturated rings. The maximum absolute atomic E-state index is 13.3. The van der Waals surface area contributed by atoms with Gasteiger partial charge in [-0.05, 0) is 63.0 Å². The van der Waals surface area contributed by atoms with E-state index in [1.54, 1.807) is 6.07 Å². The SMILES string of the molecule is Fc1ccccc1CCNCCC1CCNC1. The molecule has 0 aromatic heterocycles. The highest BCUT2D eigenvalue weighted by Gasteiger charge is 2.13. The van der Waals surface area contributed by atoms with Crippen molar-refractivity contribution in [3.05, 3.63) is 35.6 Å². The zero-order valence-corrected chi connectivity index (χ0v) is 10.2. The number of hydrogen-bond donors (Lipinski definition) is 2. The summed E-state index contributed by atoms with van der Waals surface area (Å²) in [6.45, 7) is 4.23. The van der Waals surface area contributed by atoms with Gasteiger partial charge in [0.1, 0.15) is 5.82 Å². The molecule has 1 aromatic carbocycles. The van der Waals surface area contributed by atoms with E-state index in [9.17, 15) is 4.39 Å². The van der Waals surface area contributed by atoms with Gasteiger partial charge in [-0.1, -0.05) is 18.2 Å². The lowest BCUT2D eigenvalue weighted by atomic mass is 10.1. The van der Waals surface area contributed by atoms with Crippen LogP contribution in [0.5, 0.6) is 0 Å². The summed E-state index contributed by atoms with van der Waals surface area (Å²) in [5, 5.41) is 6.76. The molecule has 1 atom stereocenters. The molecule has 1 aliphatic heterocycles. The summed E-state index contributed by atoms with van der Waals surface area (Å²) in [5.41, 5.74) is 0.808. The van der Waals surface area contributed by atoms with Crippen molar-refractivity contribution >= 4 is 0 Å². The number of benzene rings is 1. The topological polar surface area (TPSA) is 24.1 Å². The molecule has 3 heteroatoms. The zero-order chi connectivity index (χ0) is 11.9. The monoisotopic (exact) mass is 236 g/mol. The van der Waals surface area contributed by atoms with Gasteiger partial charge in [-0.15, -0.1) is 0 Å². The zero-order valence-electron chi connectivity index (χ0n) is 10.2. The molecule has 1 aliphatic rings. The van der Waals surface area contributed by atoms with Gasteiger partial charge in [0.2, 0.25) is 0 Å². The van der Waals surface area contributed by atoms with Crippen LogP contribution in [0.4, 0.5) is 4.39 Å². The summed E-state index contributed by atoms with van der Waals surface area (Å²) in [6.07, 6.45) is 3.30. The normalized spacial score (nSPS) is 19.7. The lowest BCUT2D eigenvalue weighted by Crippen LogP contribution is -2.22. The average Bonchev–Trinajstić information content (AvgIpc) is 2.84. The molecular formula is C14H21FN2. The summed E-state index contributed by atoms with van der Waals surface area (Å²) in [4.78, 5) is 0. The third kappa shape index (κ3) is 4.10. The minimum absolute atomic E-state index is 0.0886. The van der Waals surface area contributed by atoms with E-state index in [4.69, 9.17) is 0 Å². The maximum atomic E-state index is 13.3. The van der Waals surface area contributed by atoms with Crippen LogP contribution in [0.1, 0.15) is 18.4 Å². The van der Waals surface area contributed by atoms with Gasteiger partial charge in [-0.25, -0.2) is 4.39 Å². The molecular weight excluding hydrogens is 215 g/mol. The van der Waals surface area contributed by atoms with Crippen molar-refractivity contribution in [2.24, 2.45) is 5.92 Å². The van der Waals surface area contributed by atoms with Crippen LogP contribution in [0, 0.1) is 11.7 Å². The van der Waals surface area contributed by atoms with Gasteiger partial charge in [0.25, 0.3) is 0 Å². The lowest BCUT2D eigenvalue weighted by Gasteiger charge is -2.09. The van der Waals surface area contributed by atoms with E-state index in [1.807, 2.05) is 12.1 Å². The minimum atomic E-state index is -0.0886. The second-order valence-corrected chi connectivity index (χ2v) is 4.74. The average molecular weight is 236 g/mol. The first-order valence-corrected chi connectivity index (χ1v) is 6.51. The molecule has 1 saturated heterocycles. The van der Waals surface area contributed by atoms with Crippen molar-refractivity contribution in [3.8, 4) is 0 Å². The molecule has 1 heterocycles. The lowest BCUT2D eigenvalue weighted by molar-refractivity contribution is 0.500. The highest BCUT2D eigenvalue weighted by Crippen LogP contribution is 2.11. The van der Waals surface area contributed by atoms with E-state index in [0.717, 1.165) is 37.5 Å². The molecule has 2 nitrogen and oxygen atoms in total. The van der Waals surface area contributed by atoms with E-state index in [1.165, 1.54) is 25.5 Å². The summed E-state index contributed by atoms with van der Waals surface area (Å²) >= 11 is 0. The van der Waals surface area contributed by atoms with Crippen LogP contribution in [0.15, 0.2) is 24.3 Å². The fourth-order valence-corrected chi connectivity index (χ4v) is 2.32. The van der Waals surface area contributed by atoms with Crippen molar-refractivity contribution in [1.82, 2.24) is 10.6 Å². The van der Waals surface area contributed by atoms with Crippen LogP contribution >= 0.6 is 0 Å². The van der Waals surface area contributed by atoms with Gasteiger partial charge in [-0.3, -0.25) is 0 Å². The van der Waals surface area contributed by atoms with Crippen molar-refractivity contribution in [1.29, 1.82) is 0 Å². The third-order valence-corrected chi connectivity index (χ3v) is 3.42. The first-order chi connectivity index (χ1) is 8.36. The third-order valence-electron chi connectivity index (χ3n) is 3.42. The smallest absolute Gasteiger partial charge is 0.126 e. The summed E-state index contributed by atoms with van der Waals surface area (Å²) in [7, 11) is 0. The number of rotatable bonds is 6. The highest BCUT2D eigenvalue weighted by molar-refractivity contribution is 5.17. The van der Waals surface area contributed by atoms with Crippen molar-refractivity contribution < 1.29 is 4.39 Å². The van der Waals surface area contributed by atoms with Gasteiger partial charge in [0, 0.05) is 0 Å². The summed E-state index contributed by atoms with van der Waals surface area (Å²) < 4.78 is 13.3. The molecule has 1 unspecified atom stereocenters. The van der Waals surface area contributed by atoms with Gasteiger partial charge in [-0.2, -0.15) is 0 Å². The van der Waals surface area contributed by atoms with Crippen LogP contribution in [0.25, 0.3) is 0 Å². The number of hydrogen-bond acceptors (Lipinski definition) is 2. The Labute approximate surface area is 103 Å². The molecule has 0 amide bonds. The summed E-state index contributed by atoms with van der Waals surface area (Å²) in [6, 6.07) is 7.01. The van der Waals surface area contributed by atoms with Crippen LogP contribution in [-0.2, 0) is 6.42 Å². The Balaban J connectivity index is 1.58. The quantitative estimate of drug-likeness (QED) is 0.738. The van der Waals surface area contributed by atoms with Crippen LogP contribution in [-0.4, -0.2) is 26.2 Å². The minimum Gasteiger partial charge on any atom is -0.316 e. The Morgan fingerprint density at radius 1 is 1.29 bits per heavy atom. The Morgan fingerprint density at radius 3 is 2.94 bits per heavy atom. The fraction of sp³-hybridized carbons (Fsp3) is 0.571. The molecule has 2 N–H and O–H groups in total. The Kier molecular flexibility index (Phi) is 4.95. The first-order valence-electron chi connectivity index (χ1n) is 6.51. The first kappa shape index (κ1) is 12.5. The predicted octanol–water partition coefficient (Wildman–Crippen LogP) is 1.96. The molecule has 0 bridgehead atoms.